The van der Waals surface area contributed by atoms with Crippen LogP contribution >= 0.6 is 12.6 Å². The predicted octanol–water partition coefficient (Wildman–Crippen LogP) is 2.92. The van der Waals surface area contributed by atoms with Crippen LogP contribution in [-0.4, -0.2) is 29.6 Å². The molecule has 0 N–H and O–H groups in total. The molecule has 0 aliphatic heterocycles. The molecule has 0 aromatic heterocycles. The maximum atomic E-state index is 4.26. The van der Waals surface area contributed by atoms with Gasteiger partial charge in [0, 0.05) is 4.90 Å². The molecule has 2 rings (SSSR count). The average molecular weight is 224 g/mol. The molecule has 0 spiro atoms. The number of thiol groups is 1. The topological polar surface area (TPSA) is 0 Å². The van der Waals surface area contributed by atoms with Crippen molar-refractivity contribution in [2.24, 2.45) is 0 Å². The molecule has 0 atom stereocenters. The van der Waals surface area contributed by atoms with E-state index in [0.717, 1.165) is 11.3 Å². The normalized spacial score (nSPS) is 9.40. The Labute approximate surface area is 118 Å². The van der Waals surface area contributed by atoms with Gasteiger partial charge in [0.2, 0.25) is 0 Å². The van der Waals surface area contributed by atoms with Gasteiger partial charge in [-0.05, 0) is 29.7 Å². The molecule has 0 radical (unpaired) electrons. The second kappa shape index (κ2) is 6.39. The number of hydrogen-bond donors (Lipinski definition) is 1. The first kappa shape index (κ1) is 12.9. The van der Waals surface area contributed by atoms with Crippen molar-refractivity contribution in [2.45, 2.75) is 11.3 Å². The van der Waals surface area contributed by atoms with Crippen molar-refractivity contribution in [3.8, 4) is 0 Å². The zero-order chi connectivity index (χ0) is 9.80. The molecule has 15 heavy (non-hydrogen) atoms. The third-order valence-electron chi connectivity index (χ3n) is 2.19. The van der Waals surface area contributed by atoms with Crippen LogP contribution in [-0.2, 0) is 6.42 Å². The summed E-state index contributed by atoms with van der Waals surface area (Å²) in [4.78, 5) is 1.02. The quantitative estimate of drug-likeness (QED) is 0.588. The van der Waals surface area contributed by atoms with Crippen molar-refractivity contribution >= 4 is 42.2 Å². The molecular formula is C13H13NaS. The van der Waals surface area contributed by atoms with E-state index in [1.165, 1.54) is 11.1 Å². The van der Waals surface area contributed by atoms with Crippen LogP contribution in [0.2, 0.25) is 0 Å². The van der Waals surface area contributed by atoms with E-state index in [9.17, 15) is 0 Å². The molecule has 72 valence electrons. The first-order chi connectivity index (χ1) is 6.84. The van der Waals surface area contributed by atoms with Crippen molar-refractivity contribution in [3.05, 3.63) is 65.7 Å². The summed E-state index contributed by atoms with van der Waals surface area (Å²) in [5, 5.41) is 0. The number of rotatable bonds is 2. The summed E-state index contributed by atoms with van der Waals surface area (Å²) in [5.74, 6) is 0. The average Bonchev–Trinajstić information content (AvgIpc) is 2.23. The molecule has 0 saturated heterocycles. The molecule has 0 heterocycles. The first-order valence-corrected chi connectivity index (χ1v) is 5.11. The molecule has 2 heteroatoms. The summed E-state index contributed by atoms with van der Waals surface area (Å²) in [6.07, 6.45) is 0.995. The van der Waals surface area contributed by atoms with Gasteiger partial charge in [0.05, 0.1) is 0 Å². The predicted molar refractivity (Wildman–Crippen MR) is 70.1 cm³/mol. The third kappa shape index (κ3) is 4.04. The van der Waals surface area contributed by atoms with Crippen LogP contribution in [0.4, 0.5) is 0 Å². The van der Waals surface area contributed by atoms with Gasteiger partial charge in [-0.3, -0.25) is 0 Å². The van der Waals surface area contributed by atoms with Gasteiger partial charge in [-0.1, -0.05) is 42.5 Å². The fraction of sp³-hybridized carbons (Fsp3) is 0.0769. The minimum atomic E-state index is 0. The van der Waals surface area contributed by atoms with E-state index in [-0.39, 0.29) is 29.6 Å². The van der Waals surface area contributed by atoms with Crippen molar-refractivity contribution in [1.29, 1.82) is 0 Å². The van der Waals surface area contributed by atoms with Gasteiger partial charge >= 0.3 is 29.6 Å². The Morgan fingerprint density at radius 3 is 1.87 bits per heavy atom. The van der Waals surface area contributed by atoms with Gasteiger partial charge in [0.1, 0.15) is 0 Å². The second-order valence-electron chi connectivity index (χ2n) is 3.33. The van der Waals surface area contributed by atoms with Gasteiger partial charge in [-0.25, -0.2) is 0 Å². The fourth-order valence-corrected chi connectivity index (χ4v) is 1.59. The maximum absolute atomic E-state index is 4.26. The van der Waals surface area contributed by atoms with E-state index in [4.69, 9.17) is 0 Å². The summed E-state index contributed by atoms with van der Waals surface area (Å²) in [7, 11) is 0. The zero-order valence-electron chi connectivity index (χ0n) is 7.85. The molecule has 0 unspecified atom stereocenters. The molecule has 0 aliphatic carbocycles. The van der Waals surface area contributed by atoms with Gasteiger partial charge < -0.3 is 0 Å². The number of hydrogen-bond acceptors (Lipinski definition) is 1. The Morgan fingerprint density at radius 1 is 0.733 bits per heavy atom. The van der Waals surface area contributed by atoms with Crippen LogP contribution in [0.3, 0.4) is 0 Å². The van der Waals surface area contributed by atoms with E-state index in [1.54, 1.807) is 0 Å². The van der Waals surface area contributed by atoms with Crippen LogP contribution in [0.1, 0.15) is 11.1 Å². The van der Waals surface area contributed by atoms with Gasteiger partial charge in [-0.2, -0.15) is 0 Å². The van der Waals surface area contributed by atoms with Gasteiger partial charge in [-0.15, -0.1) is 12.6 Å². The van der Waals surface area contributed by atoms with Crippen molar-refractivity contribution < 1.29 is 0 Å². The van der Waals surface area contributed by atoms with Gasteiger partial charge in [0.25, 0.3) is 0 Å². The van der Waals surface area contributed by atoms with Crippen molar-refractivity contribution in [3.63, 3.8) is 0 Å². The molecule has 0 nitrogen and oxygen atoms in total. The van der Waals surface area contributed by atoms with Crippen molar-refractivity contribution in [2.75, 3.05) is 0 Å². The fourth-order valence-electron chi connectivity index (χ4n) is 1.45. The Kier molecular flexibility index (Phi) is 5.48. The van der Waals surface area contributed by atoms with Crippen LogP contribution in [0.25, 0.3) is 0 Å². The Morgan fingerprint density at radius 2 is 1.27 bits per heavy atom. The molecule has 0 saturated carbocycles. The third-order valence-corrected chi connectivity index (χ3v) is 2.49. The molecule has 0 fully saturated rings. The summed E-state index contributed by atoms with van der Waals surface area (Å²) in [5.41, 5.74) is 2.67. The summed E-state index contributed by atoms with van der Waals surface area (Å²) in [6, 6.07) is 18.8. The van der Waals surface area contributed by atoms with E-state index in [2.05, 4.69) is 49.0 Å². The molecule has 0 amide bonds. The summed E-state index contributed by atoms with van der Waals surface area (Å²) < 4.78 is 0. The van der Waals surface area contributed by atoms with Crippen LogP contribution < -0.4 is 0 Å². The second-order valence-corrected chi connectivity index (χ2v) is 3.85. The van der Waals surface area contributed by atoms with E-state index in [0.29, 0.717) is 0 Å². The zero-order valence-corrected chi connectivity index (χ0v) is 8.74. The first-order valence-electron chi connectivity index (χ1n) is 4.66. The summed E-state index contributed by atoms with van der Waals surface area (Å²) >= 11 is 4.26. The molecule has 0 bridgehead atoms. The molecule has 2 aromatic rings. The van der Waals surface area contributed by atoms with Crippen molar-refractivity contribution in [1.82, 2.24) is 0 Å². The van der Waals surface area contributed by atoms with E-state index in [1.807, 2.05) is 18.2 Å². The molecular weight excluding hydrogens is 211 g/mol. The monoisotopic (exact) mass is 224 g/mol. The standard InChI is InChI=1S/C13H12S.Na.H/c14-13-8-6-12(7-9-13)10-11-4-2-1-3-5-11;;/h1-9,14H,10H2;;. The van der Waals surface area contributed by atoms with E-state index >= 15 is 0 Å². The Balaban J connectivity index is 0.00000112. The number of benzene rings is 2. The molecule has 2 aromatic carbocycles. The molecule has 0 aliphatic rings. The minimum absolute atomic E-state index is 0. The van der Waals surface area contributed by atoms with Gasteiger partial charge in [0.15, 0.2) is 0 Å². The SMILES string of the molecule is Sc1ccc(Cc2ccccc2)cc1.[NaH]. The Bertz CT molecular complexity index is 395. The van der Waals surface area contributed by atoms with Crippen LogP contribution in [0, 0.1) is 0 Å². The summed E-state index contributed by atoms with van der Waals surface area (Å²) in [6.45, 7) is 0. The van der Waals surface area contributed by atoms with Crippen LogP contribution in [0.5, 0.6) is 0 Å². The van der Waals surface area contributed by atoms with Crippen LogP contribution in [0.15, 0.2) is 59.5 Å². The van der Waals surface area contributed by atoms with E-state index < -0.39 is 0 Å². The Hall–Kier alpha value is -0.210.